The summed E-state index contributed by atoms with van der Waals surface area (Å²) >= 11 is 0. The topological polar surface area (TPSA) is 40.6 Å². The van der Waals surface area contributed by atoms with E-state index < -0.39 is 0 Å². The molecule has 0 spiro atoms. The number of Topliss-reactive ketones (excluding diaryl/α,β-unsaturated/α-hetero) is 1. The molecule has 1 fully saturated rings. The Kier molecular flexibility index (Phi) is 3.65. The molecule has 0 aromatic heterocycles. The van der Waals surface area contributed by atoms with Crippen LogP contribution in [0.25, 0.3) is 0 Å². The molecule has 0 radical (unpaired) electrons. The fraction of sp³-hybridized carbons (Fsp3) is 0.429. The first-order valence-corrected chi connectivity index (χ1v) is 6.16. The van der Waals surface area contributed by atoms with Crippen LogP contribution in [-0.4, -0.2) is 43.8 Å². The van der Waals surface area contributed by atoms with Crippen LogP contribution in [0.3, 0.4) is 0 Å². The van der Waals surface area contributed by atoms with Crippen molar-refractivity contribution in [3.8, 4) is 0 Å². The Balaban J connectivity index is 2.17. The van der Waals surface area contributed by atoms with Crippen LogP contribution in [0.5, 0.6) is 0 Å². The van der Waals surface area contributed by atoms with E-state index in [1.807, 2.05) is 37.2 Å². The van der Waals surface area contributed by atoms with Gasteiger partial charge >= 0.3 is 0 Å². The van der Waals surface area contributed by atoms with Crippen molar-refractivity contribution in [1.29, 1.82) is 0 Å². The lowest BCUT2D eigenvalue weighted by Crippen LogP contribution is -2.40. The van der Waals surface area contributed by atoms with Gasteiger partial charge in [0.15, 0.2) is 5.78 Å². The summed E-state index contributed by atoms with van der Waals surface area (Å²) in [4.78, 5) is 27.3. The highest BCUT2D eigenvalue weighted by Crippen LogP contribution is 2.16. The maximum atomic E-state index is 12.3. The standard InChI is InChI=1S/C14H18N2O2/c1-15(2)12-6-3-5-11(9-12)14(18)16-8-4-7-13(17)10-16/h3,5-6,9H,4,7-8,10H2,1-2H3. The minimum atomic E-state index is -0.0493. The van der Waals surface area contributed by atoms with Gasteiger partial charge < -0.3 is 9.80 Å². The third-order valence-corrected chi connectivity index (χ3v) is 3.15. The van der Waals surface area contributed by atoms with Crippen LogP contribution >= 0.6 is 0 Å². The second-order valence-electron chi connectivity index (χ2n) is 4.81. The highest BCUT2D eigenvalue weighted by Gasteiger charge is 2.22. The average molecular weight is 246 g/mol. The lowest BCUT2D eigenvalue weighted by molar-refractivity contribution is -0.121. The van der Waals surface area contributed by atoms with Gasteiger partial charge in [-0.3, -0.25) is 9.59 Å². The van der Waals surface area contributed by atoms with Crippen molar-refractivity contribution < 1.29 is 9.59 Å². The Morgan fingerprint density at radius 1 is 1.33 bits per heavy atom. The number of nitrogens with zero attached hydrogens (tertiary/aromatic N) is 2. The van der Waals surface area contributed by atoms with E-state index in [1.54, 1.807) is 11.0 Å². The van der Waals surface area contributed by atoms with Crippen LogP contribution in [-0.2, 0) is 4.79 Å². The Morgan fingerprint density at radius 2 is 2.11 bits per heavy atom. The van der Waals surface area contributed by atoms with Gasteiger partial charge in [0, 0.05) is 38.3 Å². The van der Waals surface area contributed by atoms with E-state index in [9.17, 15) is 9.59 Å². The van der Waals surface area contributed by atoms with Gasteiger partial charge in [0.2, 0.25) is 0 Å². The molecule has 0 saturated carbocycles. The highest BCUT2D eigenvalue weighted by molar-refractivity contribution is 5.98. The van der Waals surface area contributed by atoms with E-state index >= 15 is 0 Å². The summed E-state index contributed by atoms with van der Waals surface area (Å²) in [7, 11) is 3.88. The summed E-state index contributed by atoms with van der Waals surface area (Å²) < 4.78 is 0. The number of amides is 1. The summed E-state index contributed by atoms with van der Waals surface area (Å²) in [6.07, 6.45) is 1.37. The molecular weight excluding hydrogens is 228 g/mol. The van der Waals surface area contributed by atoms with Gasteiger partial charge in [-0.05, 0) is 24.6 Å². The molecule has 1 aromatic rings. The number of piperidine rings is 1. The summed E-state index contributed by atoms with van der Waals surface area (Å²) in [5, 5.41) is 0. The first-order chi connectivity index (χ1) is 8.58. The van der Waals surface area contributed by atoms with Crippen molar-refractivity contribution in [3.63, 3.8) is 0 Å². The molecule has 0 bridgehead atoms. The Bertz CT molecular complexity index is 469. The van der Waals surface area contributed by atoms with Gasteiger partial charge in [-0.25, -0.2) is 0 Å². The third kappa shape index (κ3) is 2.70. The predicted molar refractivity (Wildman–Crippen MR) is 70.9 cm³/mol. The van der Waals surface area contributed by atoms with Gasteiger partial charge in [0.1, 0.15) is 0 Å². The minimum Gasteiger partial charge on any atom is -0.378 e. The van der Waals surface area contributed by atoms with E-state index in [0.717, 1.165) is 12.1 Å². The Morgan fingerprint density at radius 3 is 2.78 bits per heavy atom. The quantitative estimate of drug-likeness (QED) is 0.795. The van der Waals surface area contributed by atoms with Crippen LogP contribution in [0.2, 0.25) is 0 Å². The normalized spacial score (nSPS) is 15.7. The first-order valence-electron chi connectivity index (χ1n) is 6.16. The fourth-order valence-electron chi connectivity index (χ4n) is 2.11. The monoisotopic (exact) mass is 246 g/mol. The fourth-order valence-corrected chi connectivity index (χ4v) is 2.11. The van der Waals surface area contributed by atoms with Crippen LogP contribution in [0.15, 0.2) is 24.3 Å². The molecule has 0 unspecified atom stereocenters. The molecular formula is C14H18N2O2. The van der Waals surface area contributed by atoms with Crippen LogP contribution in [0, 0.1) is 0 Å². The van der Waals surface area contributed by atoms with Gasteiger partial charge in [0.05, 0.1) is 6.54 Å². The second kappa shape index (κ2) is 5.21. The predicted octanol–water partition coefficient (Wildman–Crippen LogP) is 1.56. The van der Waals surface area contributed by atoms with Crippen molar-refractivity contribution >= 4 is 17.4 Å². The number of anilines is 1. The van der Waals surface area contributed by atoms with Crippen molar-refractivity contribution in [2.24, 2.45) is 0 Å². The number of benzene rings is 1. The molecule has 0 atom stereocenters. The zero-order valence-electron chi connectivity index (χ0n) is 10.8. The largest absolute Gasteiger partial charge is 0.378 e. The second-order valence-corrected chi connectivity index (χ2v) is 4.81. The van der Waals surface area contributed by atoms with Gasteiger partial charge in [-0.15, -0.1) is 0 Å². The van der Waals surface area contributed by atoms with Crippen molar-refractivity contribution in [1.82, 2.24) is 4.90 Å². The van der Waals surface area contributed by atoms with Crippen molar-refractivity contribution in [2.45, 2.75) is 12.8 Å². The number of rotatable bonds is 2. The van der Waals surface area contributed by atoms with E-state index in [0.29, 0.717) is 18.5 Å². The van der Waals surface area contributed by atoms with Crippen LogP contribution < -0.4 is 4.90 Å². The molecule has 1 aliphatic heterocycles. The number of hydrogen-bond donors (Lipinski definition) is 0. The molecule has 0 aliphatic carbocycles. The molecule has 96 valence electrons. The third-order valence-electron chi connectivity index (χ3n) is 3.15. The molecule has 18 heavy (non-hydrogen) atoms. The van der Waals surface area contributed by atoms with Crippen molar-refractivity contribution in [3.05, 3.63) is 29.8 Å². The Hall–Kier alpha value is -1.84. The summed E-state index contributed by atoms with van der Waals surface area (Å²) in [6.45, 7) is 0.932. The number of carbonyl (C=O) groups is 2. The molecule has 0 N–H and O–H groups in total. The molecule has 1 aromatic carbocycles. The first kappa shape index (κ1) is 12.6. The lowest BCUT2D eigenvalue weighted by Gasteiger charge is -2.26. The van der Waals surface area contributed by atoms with E-state index in [-0.39, 0.29) is 18.2 Å². The maximum absolute atomic E-state index is 12.3. The number of likely N-dealkylation sites (tertiary alicyclic amines) is 1. The van der Waals surface area contributed by atoms with E-state index in [4.69, 9.17) is 0 Å². The number of ketones is 1. The van der Waals surface area contributed by atoms with E-state index in [2.05, 4.69) is 0 Å². The average Bonchev–Trinajstić information content (AvgIpc) is 2.38. The molecule has 1 aliphatic rings. The van der Waals surface area contributed by atoms with Gasteiger partial charge in [-0.2, -0.15) is 0 Å². The molecule has 2 rings (SSSR count). The maximum Gasteiger partial charge on any atom is 0.254 e. The molecule has 1 heterocycles. The van der Waals surface area contributed by atoms with Gasteiger partial charge in [-0.1, -0.05) is 6.07 Å². The molecule has 1 saturated heterocycles. The Labute approximate surface area is 107 Å². The molecule has 1 amide bonds. The van der Waals surface area contributed by atoms with Gasteiger partial charge in [0.25, 0.3) is 5.91 Å². The minimum absolute atomic E-state index is 0.0493. The SMILES string of the molecule is CN(C)c1cccc(C(=O)N2CCCC(=O)C2)c1. The summed E-state index contributed by atoms with van der Waals surface area (Å²) in [5.74, 6) is 0.102. The van der Waals surface area contributed by atoms with E-state index in [1.165, 1.54) is 0 Å². The number of carbonyl (C=O) groups excluding carboxylic acids is 2. The zero-order chi connectivity index (χ0) is 13.1. The van der Waals surface area contributed by atoms with Crippen molar-refractivity contribution in [2.75, 3.05) is 32.1 Å². The zero-order valence-corrected chi connectivity index (χ0v) is 10.8. The summed E-state index contributed by atoms with van der Waals surface area (Å²) in [6, 6.07) is 7.49. The summed E-state index contributed by atoms with van der Waals surface area (Å²) in [5.41, 5.74) is 1.64. The smallest absolute Gasteiger partial charge is 0.254 e. The van der Waals surface area contributed by atoms with Crippen LogP contribution in [0.4, 0.5) is 5.69 Å². The lowest BCUT2D eigenvalue weighted by atomic mass is 10.1. The van der Waals surface area contributed by atoms with Crippen LogP contribution in [0.1, 0.15) is 23.2 Å². The molecule has 4 heteroatoms. The highest BCUT2D eigenvalue weighted by atomic mass is 16.2. The molecule has 4 nitrogen and oxygen atoms in total. The number of hydrogen-bond acceptors (Lipinski definition) is 3.